The summed E-state index contributed by atoms with van der Waals surface area (Å²) in [7, 11) is 0. The molecule has 4 nitrogen and oxygen atoms in total. The van der Waals surface area contributed by atoms with Crippen LogP contribution in [0.2, 0.25) is 5.02 Å². The fourth-order valence-electron chi connectivity index (χ4n) is 2.72. The average molecular weight is 395 g/mol. The van der Waals surface area contributed by atoms with Crippen LogP contribution in [0.4, 0.5) is 11.4 Å². The highest BCUT2D eigenvalue weighted by molar-refractivity contribution is 6.33. The normalized spacial score (nSPS) is 10.3. The van der Waals surface area contributed by atoms with Crippen molar-refractivity contribution in [3.8, 4) is 5.75 Å². The number of carbonyl (C=O) groups excluding carboxylic acids is 1. The minimum atomic E-state index is -0.158. The van der Waals surface area contributed by atoms with Crippen LogP contribution in [-0.4, -0.2) is 19.1 Å². The molecule has 0 bridgehead atoms. The Labute approximate surface area is 170 Å². The van der Waals surface area contributed by atoms with Gasteiger partial charge < -0.3 is 15.4 Å². The second-order valence-corrected chi connectivity index (χ2v) is 6.75. The third-order valence-electron chi connectivity index (χ3n) is 4.18. The summed E-state index contributed by atoms with van der Waals surface area (Å²) in [5, 5.41) is 6.39. The third kappa shape index (κ3) is 6.32. The molecule has 0 aliphatic rings. The summed E-state index contributed by atoms with van der Waals surface area (Å²) in [5.41, 5.74) is 2.78. The van der Waals surface area contributed by atoms with Crippen LogP contribution in [0.3, 0.4) is 0 Å². The summed E-state index contributed by atoms with van der Waals surface area (Å²) in [6.45, 7) is 0.824. The minimum absolute atomic E-state index is 0.155. The number of anilines is 2. The molecule has 144 valence electrons. The molecule has 0 fully saturated rings. The molecule has 0 unspecified atom stereocenters. The van der Waals surface area contributed by atoms with Crippen LogP contribution >= 0.6 is 11.6 Å². The summed E-state index contributed by atoms with van der Waals surface area (Å²) >= 11 is 6.04. The molecular weight excluding hydrogens is 372 g/mol. The van der Waals surface area contributed by atoms with Crippen molar-refractivity contribution in [3.05, 3.63) is 89.4 Å². The smallest absolute Gasteiger partial charge is 0.243 e. The lowest BCUT2D eigenvalue weighted by Crippen LogP contribution is -2.21. The van der Waals surface area contributed by atoms with Crippen LogP contribution in [0.25, 0.3) is 0 Å². The number of para-hydroxylation sites is 1. The van der Waals surface area contributed by atoms with Gasteiger partial charge in [-0.25, -0.2) is 0 Å². The highest BCUT2D eigenvalue weighted by atomic mass is 35.5. The van der Waals surface area contributed by atoms with Gasteiger partial charge in [0.2, 0.25) is 5.91 Å². The molecule has 0 radical (unpaired) electrons. The Balaban J connectivity index is 1.38. The Kier molecular flexibility index (Phi) is 7.33. The van der Waals surface area contributed by atoms with Crippen molar-refractivity contribution in [2.75, 3.05) is 23.8 Å². The first kappa shape index (κ1) is 19.8. The second-order valence-electron chi connectivity index (χ2n) is 6.34. The molecule has 28 heavy (non-hydrogen) atoms. The Morgan fingerprint density at radius 1 is 0.893 bits per heavy atom. The van der Waals surface area contributed by atoms with E-state index < -0.39 is 0 Å². The van der Waals surface area contributed by atoms with Crippen molar-refractivity contribution < 1.29 is 9.53 Å². The first-order valence-corrected chi connectivity index (χ1v) is 9.63. The molecule has 3 aromatic rings. The van der Waals surface area contributed by atoms with Gasteiger partial charge in [-0.15, -0.1) is 0 Å². The number of hydrogen-bond acceptors (Lipinski definition) is 3. The summed E-state index contributed by atoms with van der Waals surface area (Å²) in [4.78, 5) is 12.0. The van der Waals surface area contributed by atoms with Gasteiger partial charge in [0.25, 0.3) is 0 Å². The van der Waals surface area contributed by atoms with E-state index in [0.29, 0.717) is 17.3 Å². The standard InChI is InChI=1S/C23H23ClN2O2/c24-21-10-4-5-11-22(21)26-23(27)17-25-19-12-14-20(15-13-19)28-16-6-9-18-7-2-1-3-8-18/h1-5,7-8,10-15,25H,6,9,16-17H2,(H,26,27). The van der Waals surface area contributed by atoms with E-state index in [1.54, 1.807) is 12.1 Å². The number of rotatable bonds is 9. The quantitative estimate of drug-likeness (QED) is 0.477. The SMILES string of the molecule is O=C(CNc1ccc(OCCCc2ccccc2)cc1)Nc1ccccc1Cl. The van der Waals surface area contributed by atoms with Crippen LogP contribution in [0, 0.1) is 0 Å². The Morgan fingerprint density at radius 2 is 1.61 bits per heavy atom. The topological polar surface area (TPSA) is 50.4 Å². The van der Waals surface area contributed by atoms with Gasteiger partial charge >= 0.3 is 0 Å². The molecular formula is C23H23ClN2O2. The molecule has 5 heteroatoms. The molecule has 1 amide bonds. The number of hydrogen-bond donors (Lipinski definition) is 2. The van der Waals surface area contributed by atoms with E-state index in [0.717, 1.165) is 24.3 Å². The lowest BCUT2D eigenvalue weighted by atomic mass is 10.1. The molecule has 2 N–H and O–H groups in total. The summed E-state index contributed by atoms with van der Waals surface area (Å²) in [6.07, 6.45) is 1.97. The van der Waals surface area contributed by atoms with Gasteiger partial charge in [-0.05, 0) is 54.8 Å². The molecule has 0 atom stereocenters. The van der Waals surface area contributed by atoms with Gasteiger partial charge in [-0.2, -0.15) is 0 Å². The van der Waals surface area contributed by atoms with E-state index in [9.17, 15) is 4.79 Å². The predicted molar refractivity (Wildman–Crippen MR) is 115 cm³/mol. The Hall–Kier alpha value is -2.98. The van der Waals surface area contributed by atoms with Gasteiger partial charge in [0.15, 0.2) is 0 Å². The van der Waals surface area contributed by atoms with Gasteiger partial charge in [0, 0.05) is 5.69 Å². The van der Waals surface area contributed by atoms with Crippen molar-refractivity contribution in [2.45, 2.75) is 12.8 Å². The van der Waals surface area contributed by atoms with Crippen LogP contribution in [0.5, 0.6) is 5.75 Å². The van der Waals surface area contributed by atoms with Gasteiger partial charge in [-0.1, -0.05) is 54.1 Å². The van der Waals surface area contributed by atoms with E-state index in [1.165, 1.54) is 5.56 Å². The zero-order valence-electron chi connectivity index (χ0n) is 15.5. The second kappa shape index (κ2) is 10.4. The molecule has 0 aliphatic heterocycles. The van der Waals surface area contributed by atoms with Gasteiger partial charge in [-0.3, -0.25) is 4.79 Å². The zero-order valence-corrected chi connectivity index (χ0v) is 16.3. The van der Waals surface area contributed by atoms with Gasteiger partial charge in [0.05, 0.1) is 23.9 Å². The zero-order chi connectivity index (χ0) is 19.6. The highest BCUT2D eigenvalue weighted by Gasteiger charge is 2.05. The van der Waals surface area contributed by atoms with Crippen molar-refractivity contribution in [3.63, 3.8) is 0 Å². The molecule has 0 saturated carbocycles. The van der Waals surface area contributed by atoms with E-state index in [2.05, 4.69) is 34.9 Å². The van der Waals surface area contributed by atoms with Crippen molar-refractivity contribution in [2.24, 2.45) is 0 Å². The van der Waals surface area contributed by atoms with Crippen LogP contribution in [0.1, 0.15) is 12.0 Å². The third-order valence-corrected chi connectivity index (χ3v) is 4.51. The number of halogens is 1. The van der Waals surface area contributed by atoms with Crippen LogP contribution < -0.4 is 15.4 Å². The maximum absolute atomic E-state index is 12.0. The summed E-state index contributed by atoms with van der Waals surface area (Å²) in [5.74, 6) is 0.661. The number of ether oxygens (including phenoxy) is 1. The van der Waals surface area contributed by atoms with Crippen molar-refractivity contribution in [1.82, 2.24) is 0 Å². The maximum Gasteiger partial charge on any atom is 0.243 e. The fourth-order valence-corrected chi connectivity index (χ4v) is 2.90. The highest BCUT2D eigenvalue weighted by Crippen LogP contribution is 2.20. The first-order chi connectivity index (χ1) is 13.7. The molecule has 3 aromatic carbocycles. The van der Waals surface area contributed by atoms with Crippen LogP contribution in [-0.2, 0) is 11.2 Å². The Morgan fingerprint density at radius 3 is 2.36 bits per heavy atom. The number of amides is 1. The molecule has 0 saturated heterocycles. The summed E-state index contributed by atoms with van der Waals surface area (Å²) < 4.78 is 5.78. The number of nitrogens with one attached hydrogen (secondary N) is 2. The van der Waals surface area contributed by atoms with Crippen molar-refractivity contribution in [1.29, 1.82) is 0 Å². The Bertz CT molecular complexity index is 883. The number of aryl methyl sites for hydroxylation is 1. The van der Waals surface area contributed by atoms with E-state index >= 15 is 0 Å². The molecule has 3 rings (SSSR count). The first-order valence-electron chi connectivity index (χ1n) is 9.26. The maximum atomic E-state index is 12.0. The lowest BCUT2D eigenvalue weighted by Gasteiger charge is -2.10. The minimum Gasteiger partial charge on any atom is -0.494 e. The predicted octanol–water partition coefficient (Wildman–Crippen LogP) is 5.40. The molecule has 0 aliphatic carbocycles. The van der Waals surface area contributed by atoms with Crippen molar-refractivity contribution >= 4 is 28.9 Å². The van der Waals surface area contributed by atoms with Crippen LogP contribution in [0.15, 0.2) is 78.9 Å². The average Bonchev–Trinajstić information content (AvgIpc) is 2.73. The molecule has 0 heterocycles. The largest absolute Gasteiger partial charge is 0.494 e. The van der Waals surface area contributed by atoms with E-state index in [1.807, 2.05) is 42.5 Å². The van der Waals surface area contributed by atoms with E-state index in [4.69, 9.17) is 16.3 Å². The lowest BCUT2D eigenvalue weighted by molar-refractivity contribution is -0.114. The summed E-state index contributed by atoms with van der Waals surface area (Å²) in [6, 6.07) is 25.1. The fraction of sp³-hybridized carbons (Fsp3) is 0.174. The number of benzene rings is 3. The molecule has 0 aromatic heterocycles. The molecule has 0 spiro atoms. The van der Waals surface area contributed by atoms with Gasteiger partial charge in [0.1, 0.15) is 5.75 Å². The number of carbonyl (C=O) groups is 1. The van der Waals surface area contributed by atoms with E-state index in [-0.39, 0.29) is 12.5 Å². The monoisotopic (exact) mass is 394 g/mol.